The predicted octanol–water partition coefficient (Wildman–Crippen LogP) is 1.31. The molecule has 0 aliphatic rings. The maximum atomic E-state index is 12.5. The van der Waals surface area contributed by atoms with Gasteiger partial charge in [0, 0.05) is 76.1 Å². The minimum Gasteiger partial charge on any atom is -0.508 e. The van der Waals surface area contributed by atoms with E-state index in [1.54, 1.807) is 29.2 Å². The number of urea groups is 1. The van der Waals surface area contributed by atoms with E-state index in [9.17, 15) is 68.4 Å². The zero-order valence-electron chi connectivity index (χ0n) is 40.5. The number of nitrogens with zero attached hydrogens (tertiary/aromatic N) is 2. The molecule has 13 N–H and O–H groups in total. The van der Waals surface area contributed by atoms with Gasteiger partial charge in [-0.3, -0.25) is 48.2 Å². The Hall–Kier alpha value is -7.54. The van der Waals surface area contributed by atoms with Crippen LogP contribution in [0.1, 0.15) is 100 Å². The van der Waals surface area contributed by atoms with E-state index in [0.29, 0.717) is 42.6 Å². The molecule has 0 radical (unpaired) electrons. The molecule has 72 heavy (non-hydrogen) atoms. The normalized spacial score (nSPS) is 11.6. The summed E-state index contributed by atoms with van der Waals surface area (Å²) in [6, 6.07) is 6.16. The lowest BCUT2D eigenvalue weighted by Crippen LogP contribution is -2.47. The molecule has 2 rings (SSSR count). The standard InChI is InChI=1S/C39H57N5O11.C8H12N2O7/c1-3-4-17-40-34(47)8-6-5-7-18-41-35(48)15-11-28-9-13-32(45)30(21-28)23-43(25-37(50)51)19-20-44(26-38(52)53)24-31-22-29(10-14-33(31)46)12-16-36(49)42-27(2)39(54)55;11-5(12)2-1-4(7(15)16)10-8(17)9-3-6(13)14/h9-10,13-14,21-22,27,45-46H,3-8,11-12,15-20,23-26H2,1-2H3,(H,40,47)(H,41,48)(H,42,49)(H,50,51)(H,52,53)(H,54,55);4H,1-3H2,(H,11,12)(H,13,14)(H,15,16)(H2,9,10,17). The van der Waals surface area contributed by atoms with Gasteiger partial charge in [-0.25, -0.2) is 9.59 Å². The molecular weight excluding hydrogens is 951 g/mol. The summed E-state index contributed by atoms with van der Waals surface area (Å²) < 4.78 is 0. The molecule has 0 fully saturated rings. The summed E-state index contributed by atoms with van der Waals surface area (Å²) in [5, 5.41) is 86.7. The van der Waals surface area contributed by atoms with Crippen LogP contribution in [-0.2, 0) is 69.1 Å². The Kier molecular flexibility index (Phi) is 30.1. The van der Waals surface area contributed by atoms with Crippen LogP contribution in [0.15, 0.2) is 36.4 Å². The van der Waals surface area contributed by atoms with Crippen LogP contribution in [0, 0.1) is 0 Å². The number of aromatic hydroxyl groups is 2. The first-order valence-electron chi connectivity index (χ1n) is 23.3. The summed E-state index contributed by atoms with van der Waals surface area (Å²) in [4.78, 5) is 116. The maximum Gasteiger partial charge on any atom is 0.326 e. The minimum atomic E-state index is -1.39. The molecule has 0 saturated heterocycles. The molecule has 0 spiro atoms. The molecule has 2 aromatic carbocycles. The van der Waals surface area contributed by atoms with Gasteiger partial charge in [-0.1, -0.05) is 44.0 Å². The lowest BCUT2D eigenvalue weighted by atomic mass is 10.0. The van der Waals surface area contributed by atoms with Gasteiger partial charge in [-0.2, -0.15) is 0 Å². The first kappa shape index (κ1) is 62.5. The number of carbonyl (C=O) groups excluding carboxylic acids is 4. The number of aliphatic carboxylic acids is 6. The van der Waals surface area contributed by atoms with Gasteiger partial charge in [0.2, 0.25) is 17.7 Å². The summed E-state index contributed by atoms with van der Waals surface area (Å²) in [6.45, 7) is 3.34. The zero-order valence-corrected chi connectivity index (χ0v) is 40.5. The number of nitrogens with one attached hydrogen (secondary N) is 5. The van der Waals surface area contributed by atoms with Crippen molar-refractivity contribution in [2.45, 2.75) is 116 Å². The number of aryl methyl sites for hydroxylation is 2. The number of benzene rings is 2. The van der Waals surface area contributed by atoms with Gasteiger partial charge in [-0.05, 0) is 68.7 Å². The Labute approximate surface area is 416 Å². The quantitative estimate of drug-likeness (QED) is 0.0433. The molecule has 2 atom stereocenters. The lowest BCUT2D eigenvalue weighted by Gasteiger charge is -2.26. The molecule has 2 unspecified atom stereocenters. The zero-order chi connectivity index (χ0) is 54.2. The van der Waals surface area contributed by atoms with Crippen LogP contribution in [0.4, 0.5) is 4.79 Å². The number of rotatable bonds is 35. The SMILES string of the molecule is CCCCNC(=O)CCCCCNC(=O)CCc1ccc(O)c(CN(CCN(CC(=O)O)Cc2cc(CCC(=O)NC(C)C(=O)O)ccc2O)CC(=O)O)c1.O=C(O)CCC(NC(=O)NCC(=O)O)C(=O)O. The third kappa shape index (κ3) is 29.5. The smallest absolute Gasteiger partial charge is 0.326 e. The van der Waals surface area contributed by atoms with E-state index in [1.165, 1.54) is 24.0 Å². The van der Waals surface area contributed by atoms with Gasteiger partial charge in [0.15, 0.2) is 0 Å². The van der Waals surface area contributed by atoms with E-state index < -0.39 is 85.9 Å². The van der Waals surface area contributed by atoms with Crippen molar-refractivity contribution in [1.82, 2.24) is 36.4 Å². The summed E-state index contributed by atoms with van der Waals surface area (Å²) in [7, 11) is 0. The molecule has 0 saturated carbocycles. The average Bonchev–Trinajstić information content (AvgIpc) is 3.30. The molecule has 25 nitrogen and oxygen atoms in total. The van der Waals surface area contributed by atoms with Crippen molar-refractivity contribution in [3.8, 4) is 11.5 Å². The Morgan fingerprint density at radius 3 is 1.50 bits per heavy atom. The van der Waals surface area contributed by atoms with Crippen molar-refractivity contribution in [2.75, 3.05) is 45.8 Å². The van der Waals surface area contributed by atoms with Crippen molar-refractivity contribution in [1.29, 1.82) is 0 Å². The fraction of sp³-hybridized carbons (Fsp3) is 0.532. The average molecular weight is 1020 g/mol. The van der Waals surface area contributed by atoms with Gasteiger partial charge in [0.05, 0.1) is 13.1 Å². The molecule has 0 aliphatic heterocycles. The number of carboxylic acids is 6. The largest absolute Gasteiger partial charge is 0.508 e. The topological polar surface area (TPSA) is 399 Å². The maximum absolute atomic E-state index is 12.5. The Balaban J connectivity index is 0.00000129. The molecule has 2 aromatic rings. The minimum absolute atomic E-state index is 0.00527. The van der Waals surface area contributed by atoms with Gasteiger partial charge in [0.25, 0.3) is 0 Å². The van der Waals surface area contributed by atoms with Crippen molar-refractivity contribution in [3.63, 3.8) is 0 Å². The number of amides is 5. The fourth-order valence-electron chi connectivity index (χ4n) is 6.60. The number of phenols is 2. The second-order valence-corrected chi connectivity index (χ2v) is 16.7. The van der Waals surface area contributed by atoms with E-state index in [0.717, 1.165) is 37.7 Å². The first-order valence-corrected chi connectivity index (χ1v) is 23.3. The highest BCUT2D eigenvalue weighted by Crippen LogP contribution is 2.23. The number of hydrogen-bond donors (Lipinski definition) is 13. The molecule has 400 valence electrons. The highest BCUT2D eigenvalue weighted by Gasteiger charge is 2.22. The van der Waals surface area contributed by atoms with E-state index >= 15 is 0 Å². The molecule has 0 heterocycles. The van der Waals surface area contributed by atoms with Crippen LogP contribution in [0.2, 0.25) is 0 Å². The van der Waals surface area contributed by atoms with Gasteiger partial charge >= 0.3 is 41.8 Å². The van der Waals surface area contributed by atoms with Gasteiger partial charge in [0.1, 0.15) is 30.1 Å². The third-order valence-electron chi connectivity index (χ3n) is 10.5. The Bertz CT molecular complexity index is 2140. The van der Waals surface area contributed by atoms with Crippen LogP contribution in [0.3, 0.4) is 0 Å². The molecule has 5 amide bonds. The summed E-state index contributed by atoms with van der Waals surface area (Å²) in [5.41, 5.74) is 2.26. The summed E-state index contributed by atoms with van der Waals surface area (Å²) in [6.07, 6.45) is 4.90. The van der Waals surface area contributed by atoms with Crippen molar-refractivity contribution >= 4 is 59.6 Å². The second kappa shape index (κ2) is 34.7. The van der Waals surface area contributed by atoms with E-state index in [1.807, 2.05) is 10.6 Å². The first-order chi connectivity index (χ1) is 34.0. The van der Waals surface area contributed by atoms with Gasteiger partial charge < -0.3 is 67.4 Å². The number of carboxylic acid groups (broad SMARTS) is 6. The number of unbranched alkanes of at least 4 members (excludes halogenated alkanes) is 3. The molecule has 25 heteroatoms. The number of hydrogen-bond acceptors (Lipinski definition) is 14. The van der Waals surface area contributed by atoms with Crippen LogP contribution in [0.25, 0.3) is 0 Å². The molecular formula is C47H69N7O18. The van der Waals surface area contributed by atoms with Crippen LogP contribution in [0.5, 0.6) is 11.5 Å². The Morgan fingerprint density at radius 1 is 0.542 bits per heavy atom. The van der Waals surface area contributed by atoms with Crippen LogP contribution >= 0.6 is 0 Å². The highest BCUT2D eigenvalue weighted by atomic mass is 16.4. The molecule has 0 aliphatic carbocycles. The second-order valence-electron chi connectivity index (χ2n) is 16.7. The molecule has 0 bridgehead atoms. The fourth-order valence-corrected chi connectivity index (χ4v) is 6.60. The van der Waals surface area contributed by atoms with Crippen molar-refractivity contribution < 1.29 is 88.8 Å². The number of carbonyl (C=O) groups is 10. The number of phenolic OH excluding ortho intramolecular Hbond substituents is 2. The monoisotopic (exact) mass is 1020 g/mol. The highest BCUT2D eigenvalue weighted by molar-refractivity contribution is 5.85. The summed E-state index contributed by atoms with van der Waals surface area (Å²) in [5.74, 6) is -7.99. The Morgan fingerprint density at radius 2 is 1.04 bits per heavy atom. The lowest BCUT2D eigenvalue weighted by molar-refractivity contribution is -0.141. The summed E-state index contributed by atoms with van der Waals surface area (Å²) >= 11 is 0. The van der Waals surface area contributed by atoms with E-state index in [2.05, 4.69) is 22.9 Å². The van der Waals surface area contributed by atoms with E-state index in [-0.39, 0.29) is 75.2 Å². The van der Waals surface area contributed by atoms with Crippen molar-refractivity contribution in [3.05, 3.63) is 58.7 Å². The molecule has 0 aromatic heterocycles. The van der Waals surface area contributed by atoms with Crippen LogP contribution < -0.4 is 26.6 Å². The van der Waals surface area contributed by atoms with Gasteiger partial charge in [-0.15, -0.1) is 0 Å². The third-order valence-corrected chi connectivity index (χ3v) is 10.5. The van der Waals surface area contributed by atoms with E-state index in [4.69, 9.17) is 20.4 Å². The van der Waals surface area contributed by atoms with Crippen LogP contribution in [-0.4, -0.2) is 168 Å². The van der Waals surface area contributed by atoms with Crippen molar-refractivity contribution in [2.24, 2.45) is 0 Å². The predicted molar refractivity (Wildman–Crippen MR) is 256 cm³/mol.